The van der Waals surface area contributed by atoms with Crippen molar-refractivity contribution < 1.29 is 39.9 Å². The Balaban J connectivity index is -0.000000177. The summed E-state index contributed by atoms with van der Waals surface area (Å²) < 4.78 is 0. The number of hydrogen-bond donors (Lipinski definition) is 5. The van der Waals surface area contributed by atoms with Gasteiger partial charge in [0.1, 0.15) is 0 Å². The Hall–Kier alpha value is -1.75. The average molecular weight is 272 g/mol. The highest BCUT2D eigenvalue weighted by molar-refractivity contribution is 5.87. The molecule has 110 valence electrons. The van der Waals surface area contributed by atoms with Crippen molar-refractivity contribution in [3.05, 3.63) is 0 Å². The summed E-state index contributed by atoms with van der Waals surface area (Å²) in [5.74, 6) is -5.34. The van der Waals surface area contributed by atoms with Crippen LogP contribution in [0, 0.1) is 0 Å². The molecule has 0 saturated carbocycles. The molecule has 0 aliphatic rings. The van der Waals surface area contributed by atoms with E-state index in [2.05, 4.69) is 0 Å². The first-order valence-corrected chi connectivity index (χ1v) is 4.15. The lowest BCUT2D eigenvalue weighted by atomic mass is 9.96. The fourth-order valence-electron chi connectivity index (χ4n) is 0.703. The van der Waals surface area contributed by atoms with Crippen LogP contribution in [0.25, 0.3) is 0 Å². The number of carboxylic acids is 3. The van der Waals surface area contributed by atoms with Gasteiger partial charge in [0.2, 0.25) is 0 Å². The van der Waals surface area contributed by atoms with E-state index in [9.17, 15) is 19.5 Å². The molecule has 10 nitrogen and oxygen atoms in total. The quantitative estimate of drug-likeness (QED) is 0.359. The summed E-state index contributed by atoms with van der Waals surface area (Å²) in [7, 11) is 0. The molecule has 0 aliphatic heterocycles. The summed E-state index contributed by atoms with van der Waals surface area (Å²) in [5.41, 5.74) is -2.80. The van der Waals surface area contributed by atoms with Gasteiger partial charge in [0.05, 0.1) is 6.42 Å². The molecule has 11 N–H and O–H groups in total. The molecule has 0 saturated heterocycles. The van der Waals surface area contributed by atoms with Crippen LogP contribution in [0.2, 0.25) is 0 Å². The van der Waals surface area contributed by atoms with Gasteiger partial charge in [-0.2, -0.15) is 0 Å². The molecule has 1 atom stereocenters. The summed E-state index contributed by atoms with van der Waals surface area (Å²) >= 11 is 0. The standard InChI is InChI=1S/C6H8O7.C2H5O.2H3N/c7-3(8)1-6(13,5(11)12)2-4(9)10;1-2-3;;/h13H,1-2H2,(H,7,8)(H,9,10)(H,11,12);2H2,1H3;2*1H3/q;-1;;/p+1. The maximum Gasteiger partial charge on any atom is 0.336 e. The Morgan fingerprint density at radius 2 is 1.44 bits per heavy atom. The van der Waals surface area contributed by atoms with E-state index in [1.807, 2.05) is 0 Å². The van der Waals surface area contributed by atoms with Crippen molar-refractivity contribution in [2.24, 2.45) is 0 Å². The third-order valence-corrected chi connectivity index (χ3v) is 1.28. The fourth-order valence-corrected chi connectivity index (χ4v) is 0.703. The number of aliphatic hydroxyl groups is 1. The lowest BCUT2D eigenvalue weighted by Gasteiger charge is -2.21. The van der Waals surface area contributed by atoms with E-state index < -0.39 is 36.4 Å². The zero-order valence-electron chi connectivity index (χ0n) is 10.5. The second-order valence-electron chi connectivity index (χ2n) is 2.74. The SMILES string of the molecule is CC[O-].O=C([O-])CC(O)(CC(=O)O)C(=O)O.[NH4+].[NH4+]. The molecule has 0 bridgehead atoms. The van der Waals surface area contributed by atoms with Gasteiger partial charge in [-0.15, -0.1) is 6.61 Å². The van der Waals surface area contributed by atoms with Crippen LogP contribution in [0.5, 0.6) is 0 Å². The number of carboxylic acid groups (broad SMARTS) is 3. The number of hydrogen-bond acceptors (Lipinski definition) is 6. The molecular formula is C8H20N2O8. The molecule has 1 unspecified atom stereocenters. The maximum absolute atomic E-state index is 10.3. The Bertz CT molecular complexity index is 252. The van der Waals surface area contributed by atoms with Crippen LogP contribution in [0.1, 0.15) is 19.8 Å². The highest BCUT2D eigenvalue weighted by atomic mass is 16.4. The molecule has 0 spiro atoms. The average Bonchev–Trinajstić information content (AvgIpc) is 2.01. The van der Waals surface area contributed by atoms with Crippen molar-refractivity contribution in [3.63, 3.8) is 0 Å². The van der Waals surface area contributed by atoms with Gasteiger partial charge < -0.3 is 42.6 Å². The number of aliphatic carboxylic acids is 3. The topological polar surface area (TPSA) is 231 Å². The van der Waals surface area contributed by atoms with Gasteiger partial charge in [-0.05, 0) is 0 Å². The molecule has 0 aromatic heterocycles. The zero-order chi connectivity index (χ0) is 13.4. The minimum Gasteiger partial charge on any atom is -0.855 e. The maximum atomic E-state index is 10.3. The Morgan fingerprint density at radius 1 is 1.11 bits per heavy atom. The highest BCUT2D eigenvalue weighted by Crippen LogP contribution is 2.15. The van der Waals surface area contributed by atoms with E-state index >= 15 is 0 Å². The Kier molecular flexibility index (Phi) is 16.4. The van der Waals surface area contributed by atoms with E-state index in [1.54, 1.807) is 6.92 Å². The molecule has 0 amide bonds. The van der Waals surface area contributed by atoms with Gasteiger partial charge in [-0.25, -0.2) is 4.79 Å². The molecule has 0 heterocycles. The Labute approximate surface area is 103 Å². The van der Waals surface area contributed by atoms with Crippen molar-refractivity contribution in [1.29, 1.82) is 0 Å². The minimum absolute atomic E-state index is 0. The Morgan fingerprint density at radius 3 is 1.61 bits per heavy atom. The molecule has 0 aromatic carbocycles. The number of rotatable bonds is 5. The number of carbonyl (C=O) groups excluding carboxylic acids is 1. The van der Waals surface area contributed by atoms with Gasteiger partial charge in [-0.1, -0.05) is 6.92 Å². The third kappa shape index (κ3) is 12.3. The molecule has 0 fully saturated rings. The predicted molar refractivity (Wildman–Crippen MR) is 57.0 cm³/mol. The van der Waals surface area contributed by atoms with Gasteiger partial charge in [0.15, 0.2) is 5.60 Å². The zero-order valence-corrected chi connectivity index (χ0v) is 10.5. The van der Waals surface area contributed by atoms with Gasteiger partial charge in [0, 0.05) is 12.4 Å². The number of carbonyl (C=O) groups is 3. The lowest BCUT2D eigenvalue weighted by molar-refractivity contribution is -0.361. The van der Waals surface area contributed by atoms with Crippen LogP contribution < -0.4 is 22.5 Å². The van der Waals surface area contributed by atoms with Crippen LogP contribution in [0.3, 0.4) is 0 Å². The smallest absolute Gasteiger partial charge is 0.336 e. The predicted octanol–water partition coefficient (Wildman–Crippen LogP) is -2.46. The second kappa shape index (κ2) is 11.7. The molecule has 0 aliphatic carbocycles. The molecular weight excluding hydrogens is 252 g/mol. The van der Waals surface area contributed by atoms with E-state index in [0.29, 0.717) is 0 Å². The second-order valence-corrected chi connectivity index (χ2v) is 2.74. The van der Waals surface area contributed by atoms with E-state index in [-0.39, 0.29) is 18.9 Å². The summed E-state index contributed by atoms with van der Waals surface area (Å²) in [4.78, 5) is 30.3. The van der Waals surface area contributed by atoms with Crippen LogP contribution in [0.4, 0.5) is 0 Å². The summed E-state index contributed by atoms with van der Waals surface area (Å²) in [6.07, 6.45) is -2.44. The first-order valence-electron chi connectivity index (χ1n) is 4.15. The van der Waals surface area contributed by atoms with Gasteiger partial charge in [-0.3, -0.25) is 4.79 Å². The molecule has 0 aromatic rings. The van der Waals surface area contributed by atoms with Crippen LogP contribution >= 0.6 is 0 Å². The highest BCUT2D eigenvalue weighted by Gasteiger charge is 2.38. The largest absolute Gasteiger partial charge is 0.855 e. The molecule has 0 rings (SSSR count). The van der Waals surface area contributed by atoms with Gasteiger partial charge in [0.25, 0.3) is 0 Å². The van der Waals surface area contributed by atoms with Crippen LogP contribution in [-0.2, 0) is 14.4 Å². The van der Waals surface area contributed by atoms with Gasteiger partial charge >= 0.3 is 11.9 Å². The minimum atomic E-state index is -2.80. The van der Waals surface area contributed by atoms with E-state index in [4.69, 9.17) is 20.4 Å². The fraction of sp³-hybridized carbons (Fsp3) is 0.625. The summed E-state index contributed by atoms with van der Waals surface area (Å²) in [6.45, 7) is 1.57. The third-order valence-electron chi connectivity index (χ3n) is 1.28. The van der Waals surface area contributed by atoms with E-state index in [1.165, 1.54) is 0 Å². The van der Waals surface area contributed by atoms with Crippen molar-refractivity contribution in [3.8, 4) is 0 Å². The monoisotopic (exact) mass is 272 g/mol. The molecule has 18 heavy (non-hydrogen) atoms. The summed E-state index contributed by atoms with van der Waals surface area (Å²) in [6, 6.07) is 0. The van der Waals surface area contributed by atoms with Crippen molar-refractivity contribution in [2.45, 2.75) is 25.4 Å². The van der Waals surface area contributed by atoms with Crippen molar-refractivity contribution in [1.82, 2.24) is 12.3 Å². The normalized spacial score (nSPS) is 11.5. The lowest BCUT2D eigenvalue weighted by Crippen LogP contribution is -2.45. The van der Waals surface area contributed by atoms with Crippen LogP contribution in [-0.4, -0.2) is 45.4 Å². The van der Waals surface area contributed by atoms with Crippen LogP contribution in [0.15, 0.2) is 0 Å². The molecule has 10 heteroatoms. The number of quaternary nitrogens is 2. The molecule has 0 radical (unpaired) electrons. The van der Waals surface area contributed by atoms with E-state index in [0.717, 1.165) is 0 Å². The summed E-state index contributed by atoms with van der Waals surface area (Å²) in [5, 5.41) is 44.4. The van der Waals surface area contributed by atoms with Crippen molar-refractivity contribution in [2.75, 3.05) is 6.61 Å². The van der Waals surface area contributed by atoms with Crippen molar-refractivity contribution >= 4 is 17.9 Å². The first-order chi connectivity index (χ1) is 7.19. The first kappa shape index (κ1) is 25.2.